The average molecular weight is 405 g/mol. The minimum Gasteiger partial charge on any atom is -0.494 e. The second-order valence-corrected chi connectivity index (χ2v) is 7.48. The molecular weight excluding hydrogens is 386 g/mol. The fraction of sp³-hybridized carbons (Fsp3) is 0.130. The van der Waals surface area contributed by atoms with Crippen LogP contribution in [0.25, 0.3) is 22.3 Å². The zero-order chi connectivity index (χ0) is 20.2. The second kappa shape index (κ2) is 8.32. The van der Waals surface area contributed by atoms with Gasteiger partial charge >= 0.3 is 0 Å². The first-order valence-corrected chi connectivity index (χ1v) is 10.1. The van der Waals surface area contributed by atoms with Gasteiger partial charge in [-0.1, -0.05) is 6.07 Å². The van der Waals surface area contributed by atoms with Crippen LogP contribution in [0.1, 0.15) is 11.8 Å². The summed E-state index contributed by atoms with van der Waals surface area (Å²) in [5.41, 5.74) is 1.67. The SMILES string of the molecule is CCOc1ccc(-c2cc(=O)c3cc(NC(=O)Cc4cccs4)ccc3o2)cc1. The third-order valence-electron chi connectivity index (χ3n) is 4.38. The van der Waals surface area contributed by atoms with E-state index in [1.165, 1.54) is 17.4 Å². The Labute approximate surface area is 171 Å². The van der Waals surface area contributed by atoms with Crippen LogP contribution in [0.5, 0.6) is 5.75 Å². The van der Waals surface area contributed by atoms with Gasteiger partial charge in [0.15, 0.2) is 5.43 Å². The van der Waals surface area contributed by atoms with Crippen LogP contribution in [0.4, 0.5) is 5.69 Å². The summed E-state index contributed by atoms with van der Waals surface area (Å²) in [5, 5.41) is 5.20. The molecule has 0 aliphatic heterocycles. The van der Waals surface area contributed by atoms with Crippen molar-refractivity contribution in [2.24, 2.45) is 0 Å². The average Bonchev–Trinajstić information content (AvgIpc) is 3.22. The number of amides is 1. The first-order chi connectivity index (χ1) is 14.1. The lowest BCUT2D eigenvalue weighted by atomic mass is 10.1. The molecule has 6 heteroatoms. The first kappa shape index (κ1) is 19.0. The Morgan fingerprint density at radius 3 is 2.66 bits per heavy atom. The molecule has 4 aromatic rings. The molecular formula is C23H19NO4S. The van der Waals surface area contributed by atoms with Gasteiger partial charge in [-0.3, -0.25) is 9.59 Å². The van der Waals surface area contributed by atoms with Crippen LogP contribution in [0.3, 0.4) is 0 Å². The minimum absolute atomic E-state index is 0.123. The van der Waals surface area contributed by atoms with Gasteiger partial charge in [-0.25, -0.2) is 0 Å². The Bertz CT molecular complexity index is 1190. The molecule has 0 fully saturated rings. The van der Waals surface area contributed by atoms with Gasteiger partial charge in [0.25, 0.3) is 0 Å². The molecule has 0 bridgehead atoms. The lowest BCUT2D eigenvalue weighted by molar-refractivity contribution is -0.115. The van der Waals surface area contributed by atoms with Crippen LogP contribution in [-0.4, -0.2) is 12.5 Å². The van der Waals surface area contributed by atoms with Gasteiger partial charge < -0.3 is 14.5 Å². The van der Waals surface area contributed by atoms with E-state index < -0.39 is 0 Å². The van der Waals surface area contributed by atoms with Crippen LogP contribution >= 0.6 is 11.3 Å². The van der Waals surface area contributed by atoms with E-state index in [0.29, 0.717) is 35.4 Å². The summed E-state index contributed by atoms with van der Waals surface area (Å²) in [7, 11) is 0. The van der Waals surface area contributed by atoms with Crippen molar-refractivity contribution in [2.45, 2.75) is 13.3 Å². The molecule has 0 atom stereocenters. The van der Waals surface area contributed by atoms with Crippen LogP contribution in [-0.2, 0) is 11.2 Å². The smallest absolute Gasteiger partial charge is 0.229 e. The predicted molar refractivity (Wildman–Crippen MR) is 116 cm³/mol. The lowest BCUT2D eigenvalue weighted by Crippen LogP contribution is -2.14. The summed E-state index contributed by atoms with van der Waals surface area (Å²) in [6.45, 7) is 2.52. The number of nitrogens with one attached hydrogen (secondary N) is 1. The number of thiophene rings is 1. The number of hydrogen-bond acceptors (Lipinski definition) is 5. The molecule has 0 saturated heterocycles. The highest BCUT2D eigenvalue weighted by Crippen LogP contribution is 2.26. The molecule has 5 nitrogen and oxygen atoms in total. The summed E-state index contributed by atoms with van der Waals surface area (Å²) in [4.78, 5) is 25.8. The standard InChI is InChI=1S/C23H19NO4S/c1-2-27-17-8-5-15(6-9-17)22-14-20(25)19-12-16(7-10-21(19)28-22)24-23(26)13-18-4-3-11-29-18/h3-12,14H,2,13H2,1H3,(H,24,26). The highest BCUT2D eigenvalue weighted by atomic mass is 32.1. The summed E-state index contributed by atoms with van der Waals surface area (Å²) in [6.07, 6.45) is 0.307. The zero-order valence-electron chi connectivity index (χ0n) is 15.8. The molecule has 29 heavy (non-hydrogen) atoms. The van der Waals surface area contributed by atoms with Gasteiger partial charge in [0.2, 0.25) is 5.91 Å². The van der Waals surface area contributed by atoms with E-state index in [1.54, 1.807) is 18.2 Å². The number of benzene rings is 2. The van der Waals surface area contributed by atoms with Crippen molar-refractivity contribution >= 4 is 33.9 Å². The van der Waals surface area contributed by atoms with Crippen molar-refractivity contribution in [2.75, 3.05) is 11.9 Å². The van der Waals surface area contributed by atoms with Crippen LogP contribution < -0.4 is 15.5 Å². The number of anilines is 1. The summed E-state index contributed by atoms with van der Waals surface area (Å²) >= 11 is 1.54. The Morgan fingerprint density at radius 1 is 1.10 bits per heavy atom. The molecule has 0 saturated carbocycles. The maximum Gasteiger partial charge on any atom is 0.229 e. The van der Waals surface area contributed by atoms with Crippen LogP contribution in [0, 0.1) is 0 Å². The van der Waals surface area contributed by atoms with Crippen molar-refractivity contribution in [1.82, 2.24) is 0 Å². The van der Waals surface area contributed by atoms with E-state index in [9.17, 15) is 9.59 Å². The Hall–Kier alpha value is -3.38. The van der Waals surface area contributed by atoms with E-state index in [-0.39, 0.29) is 11.3 Å². The topological polar surface area (TPSA) is 68.5 Å². The third-order valence-corrected chi connectivity index (χ3v) is 5.25. The fourth-order valence-electron chi connectivity index (χ4n) is 3.03. The molecule has 0 spiro atoms. The van der Waals surface area contributed by atoms with E-state index >= 15 is 0 Å². The van der Waals surface area contributed by atoms with Crippen molar-refractivity contribution in [3.8, 4) is 17.1 Å². The molecule has 2 heterocycles. The first-order valence-electron chi connectivity index (χ1n) is 9.26. The summed E-state index contributed by atoms with van der Waals surface area (Å²) in [6, 6.07) is 17.8. The number of hydrogen-bond donors (Lipinski definition) is 1. The summed E-state index contributed by atoms with van der Waals surface area (Å²) < 4.78 is 11.4. The molecule has 0 aliphatic carbocycles. The Morgan fingerprint density at radius 2 is 1.93 bits per heavy atom. The number of rotatable bonds is 6. The largest absolute Gasteiger partial charge is 0.494 e. The molecule has 2 aromatic heterocycles. The quantitative estimate of drug-likeness (QED) is 0.484. The lowest BCUT2D eigenvalue weighted by Gasteiger charge is -2.08. The molecule has 1 amide bonds. The number of carbonyl (C=O) groups excluding carboxylic acids is 1. The minimum atomic E-state index is -0.163. The third kappa shape index (κ3) is 4.38. The van der Waals surface area contributed by atoms with Crippen molar-refractivity contribution in [1.29, 1.82) is 0 Å². The van der Waals surface area contributed by atoms with E-state index in [1.807, 2.05) is 48.7 Å². The number of ether oxygens (including phenoxy) is 1. The van der Waals surface area contributed by atoms with Crippen LogP contribution in [0.15, 0.2) is 75.3 Å². The highest BCUT2D eigenvalue weighted by molar-refractivity contribution is 7.10. The molecule has 0 unspecified atom stereocenters. The molecule has 0 radical (unpaired) electrons. The number of fused-ring (bicyclic) bond motifs is 1. The number of carbonyl (C=O) groups is 1. The second-order valence-electron chi connectivity index (χ2n) is 6.45. The van der Waals surface area contributed by atoms with Crippen molar-refractivity contribution in [3.05, 3.63) is 81.1 Å². The van der Waals surface area contributed by atoms with Crippen molar-refractivity contribution < 1.29 is 13.9 Å². The van der Waals surface area contributed by atoms with E-state index in [4.69, 9.17) is 9.15 Å². The molecule has 146 valence electrons. The molecule has 1 N–H and O–H groups in total. The molecule has 0 aliphatic rings. The molecule has 4 rings (SSSR count). The maximum atomic E-state index is 12.6. The highest BCUT2D eigenvalue weighted by Gasteiger charge is 2.10. The zero-order valence-corrected chi connectivity index (χ0v) is 16.6. The summed E-state index contributed by atoms with van der Waals surface area (Å²) in [5.74, 6) is 1.13. The fourth-order valence-corrected chi connectivity index (χ4v) is 3.74. The van der Waals surface area contributed by atoms with E-state index in [0.717, 1.165) is 16.2 Å². The van der Waals surface area contributed by atoms with Crippen LogP contribution in [0.2, 0.25) is 0 Å². The van der Waals surface area contributed by atoms with Gasteiger partial charge in [-0.05, 0) is 60.8 Å². The van der Waals surface area contributed by atoms with Gasteiger partial charge in [-0.2, -0.15) is 0 Å². The van der Waals surface area contributed by atoms with Gasteiger partial charge in [0, 0.05) is 22.2 Å². The maximum absolute atomic E-state index is 12.6. The molecule has 2 aromatic carbocycles. The monoisotopic (exact) mass is 405 g/mol. The van der Waals surface area contributed by atoms with Gasteiger partial charge in [0.1, 0.15) is 17.1 Å². The normalized spacial score (nSPS) is 10.8. The predicted octanol–water partition coefficient (Wildman–Crippen LogP) is 5.10. The Kier molecular flexibility index (Phi) is 5.44. The Balaban J connectivity index is 1.58. The van der Waals surface area contributed by atoms with Gasteiger partial charge in [0.05, 0.1) is 18.4 Å². The van der Waals surface area contributed by atoms with Crippen molar-refractivity contribution in [3.63, 3.8) is 0 Å². The van der Waals surface area contributed by atoms with Gasteiger partial charge in [-0.15, -0.1) is 11.3 Å². The van der Waals surface area contributed by atoms with E-state index in [2.05, 4.69) is 5.32 Å².